The van der Waals surface area contributed by atoms with Crippen LogP contribution in [0.3, 0.4) is 0 Å². The summed E-state index contributed by atoms with van der Waals surface area (Å²) in [6, 6.07) is 8.43. The van der Waals surface area contributed by atoms with Gasteiger partial charge in [-0.1, -0.05) is 35.9 Å². The minimum Gasteiger partial charge on any atom is -0.367 e. The Labute approximate surface area is 118 Å². The Bertz CT molecular complexity index is 556. The number of hydrogen-bond donors (Lipinski definition) is 1. The fourth-order valence-electron chi connectivity index (χ4n) is 1.81. The first-order valence-corrected chi connectivity index (χ1v) is 6.82. The van der Waals surface area contributed by atoms with Gasteiger partial charge in [-0.3, -0.25) is 0 Å². The summed E-state index contributed by atoms with van der Waals surface area (Å²) in [6.45, 7) is 6.14. The van der Waals surface area contributed by atoms with Gasteiger partial charge in [0.15, 0.2) is 11.0 Å². The molecular formula is C14H19ClN4. The predicted molar refractivity (Wildman–Crippen MR) is 80.8 cm³/mol. The average molecular weight is 279 g/mol. The summed E-state index contributed by atoms with van der Waals surface area (Å²) >= 11 is 6.05. The maximum absolute atomic E-state index is 6.05. The van der Waals surface area contributed by atoms with Crippen molar-refractivity contribution < 1.29 is 0 Å². The molecule has 1 heterocycles. The quantitative estimate of drug-likeness (QED) is 0.913. The van der Waals surface area contributed by atoms with Crippen LogP contribution in [0.15, 0.2) is 24.3 Å². The molecule has 102 valence electrons. The molecule has 0 fully saturated rings. The van der Waals surface area contributed by atoms with E-state index in [2.05, 4.69) is 41.3 Å². The Morgan fingerprint density at radius 1 is 1.21 bits per heavy atom. The van der Waals surface area contributed by atoms with E-state index >= 15 is 0 Å². The first-order chi connectivity index (χ1) is 9.09. The van der Waals surface area contributed by atoms with Crippen molar-refractivity contribution >= 4 is 28.2 Å². The summed E-state index contributed by atoms with van der Waals surface area (Å²) in [7, 11) is 2.11. The van der Waals surface area contributed by atoms with Gasteiger partial charge in [-0.05, 0) is 20.9 Å². The zero-order valence-electron chi connectivity index (χ0n) is 11.5. The summed E-state index contributed by atoms with van der Waals surface area (Å²) in [4.78, 5) is 2.28. The fraction of sp³-hybridized carbons (Fsp3) is 0.429. The van der Waals surface area contributed by atoms with Gasteiger partial charge in [0.1, 0.15) is 0 Å². The van der Waals surface area contributed by atoms with Crippen LogP contribution < -0.4 is 5.32 Å². The molecule has 0 aliphatic heterocycles. The van der Waals surface area contributed by atoms with Crippen LogP contribution in [0, 0.1) is 0 Å². The van der Waals surface area contributed by atoms with Gasteiger partial charge in [-0.15, -0.1) is 10.2 Å². The Balaban J connectivity index is 2.11. The van der Waals surface area contributed by atoms with Crippen LogP contribution in [0.5, 0.6) is 0 Å². The van der Waals surface area contributed by atoms with Gasteiger partial charge in [-0.25, -0.2) is 0 Å². The first kappa shape index (κ1) is 14.0. The Kier molecular flexibility index (Phi) is 4.56. The number of nitrogens with zero attached hydrogens (tertiary/aromatic N) is 3. The van der Waals surface area contributed by atoms with Gasteiger partial charge >= 0.3 is 0 Å². The molecular weight excluding hydrogens is 260 g/mol. The number of nitrogens with one attached hydrogen (secondary N) is 1. The summed E-state index contributed by atoms with van der Waals surface area (Å²) in [5.74, 6) is 0.789. The monoisotopic (exact) mass is 278 g/mol. The molecule has 0 amide bonds. The number of fused-ring (bicyclic) bond motifs is 1. The zero-order valence-corrected chi connectivity index (χ0v) is 12.3. The van der Waals surface area contributed by atoms with Crippen molar-refractivity contribution in [1.29, 1.82) is 0 Å². The third-order valence-corrected chi connectivity index (χ3v) is 3.56. The highest BCUT2D eigenvalue weighted by Gasteiger charge is 2.07. The largest absolute Gasteiger partial charge is 0.367 e. The van der Waals surface area contributed by atoms with Crippen LogP contribution in [-0.4, -0.2) is 41.3 Å². The molecule has 1 N–H and O–H groups in total. The topological polar surface area (TPSA) is 41.0 Å². The van der Waals surface area contributed by atoms with Crippen molar-refractivity contribution in [1.82, 2.24) is 15.1 Å². The van der Waals surface area contributed by atoms with Crippen LogP contribution in [0.4, 0.5) is 5.82 Å². The van der Waals surface area contributed by atoms with Crippen LogP contribution in [0.2, 0.25) is 5.15 Å². The molecule has 4 nitrogen and oxygen atoms in total. The highest BCUT2D eigenvalue weighted by Crippen LogP contribution is 2.25. The van der Waals surface area contributed by atoms with E-state index in [1.807, 2.05) is 24.3 Å². The van der Waals surface area contributed by atoms with Crippen molar-refractivity contribution in [2.75, 3.05) is 25.5 Å². The molecule has 0 radical (unpaired) electrons. The Hall–Kier alpha value is -1.39. The second-order valence-electron chi connectivity index (χ2n) is 4.89. The van der Waals surface area contributed by atoms with Crippen LogP contribution in [0.25, 0.3) is 10.8 Å². The maximum atomic E-state index is 6.05. The molecule has 1 aromatic heterocycles. The van der Waals surface area contributed by atoms with E-state index in [-0.39, 0.29) is 0 Å². The van der Waals surface area contributed by atoms with E-state index in [0.29, 0.717) is 11.2 Å². The number of aromatic nitrogens is 2. The molecule has 2 aromatic rings. The van der Waals surface area contributed by atoms with E-state index in [1.54, 1.807) is 0 Å². The summed E-state index contributed by atoms with van der Waals surface area (Å²) in [6.07, 6.45) is 0. The van der Waals surface area contributed by atoms with Crippen LogP contribution in [-0.2, 0) is 0 Å². The smallest absolute Gasteiger partial charge is 0.159 e. The number of anilines is 1. The van der Waals surface area contributed by atoms with Gasteiger partial charge in [0.2, 0.25) is 0 Å². The van der Waals surface area contributed by atoms with Gasteiger partial charge in [0.05, 0.1) is 0 Å². The highest BCUT2D eigenvalue weighted by molar-refractivity contribution is 6.34. The second-order valence-corrected chi connectivity index (χ2v) is 5.24. The van der Waals surface area contributed by atoms with Crippen molar-refractivity contribution in [2.45, 2.75) is 19.9 Å². The van der Waals surface area contributed by atoms with Crippen LogP contribution in [0.1, 0.15) is 13.8 Å². The number of hydrogen-bond acceptors (Lipinski definition) is 4. The minimum absolute atomic E-state index is 0.445. The number of benzene rings is 1. The molecule has 0 saturated carbocycles. The van der Waals surface area contributed by atoms with E-state index in [4.69, 9.17) is 11.6 Å². The number of likely N-dealkylation sites (N-methyl/N-ethyl adjacent to an activating group) is 1. The molecule has 19 heavy (non-hydrogen) atoms. The maximum Gasteiger partial charge on any atom is 0.159 e. The Morgan fingerprint density at radius 2 is 1.89 bits per heavy atom. The lowest BCUT2D eigenvalue weighted by atomic mass is 10.2. The molecule has 0 spiro atoms. The molecule has 2 rings (SSSR count). The SMILES string of the molecule is CC(C)N(C)CCNc1nnc(Cl)c2ccccc12. The molecule has 0 aliphatic rings. The molecule has 5 heteroatoms. The molecule has 0 aliphatic carbocycles. The van der Waals surface area contributed by atoms with Crippen molar-refractivity contribution in [2.24, 2.45) is 0 Å². The van der Waals surface area contributed by atoms with Gasteiger partial charge in [0.25, 0.3) is 0 Å². The third kappa shape index (κ3) is 3.33. The molecule has 0 atom stereocenters. The van der Waals surface area contributed by atoms with E-state index in [1.165, 1.54) is 0 Å². The molecule has 1 aromatic carbocycles. The van der Waals surface area contributed by atoms with Crippen molar-refractivity contribution in [3.05, 3.63) is 29.4 Å². The van der Waals surface area contributed by atoms with E-state index in [0.717, 1.165) is 29.7 Å². The van der Waals surface area contributed by atoms with Crippen LogP contribution >= 0.6 is 11.6 Å². The number of halogens is 1. The van der Waals surface area contributed by atoms with Crippen molar-refractivity contribution in [3.63, 3.8) is 0 Å². The van der Waals surface area contributed by atoms with E-state index in [9.17, 15) is 0 Å². The zero-order chi connectivity index (χ0) is 13.8. The standard InChI is InChI=1S/C14H19ClN4/c1-10(2)19(3)9-8-16-14-12-7-5-4-6-11(12)13(15)17-18-14/h4-7,10H,8-9H2,1-3H3,(H,16,18). The molecule has 0 saturated heterocycles. The summed E-state index contributed by atoms with van der Waals surface area (Å²) in [5, 5.41) is 13.8. The third-order valence-electron chi connectivity index (χ3n) is 3.28. The highest BCUT2D eigenvalue weighted by atomic mass is 35.5. The summed E-state index contributed by atoms with van der Waals surface area (Å²) < 4.78 is 0. The Morgan fingerprint density at radius 3 is 2.58 bits per heavy atom. The summed E-state index contributed by atoms with van der Waals surface area (Å²) in [5.41, 5.74) is 0. The first-order valence-electron chi connectivity index (χ1n) is 6.44. The normalized spacial score (nSPS) is 11.5. The fourth-order valence-corrected chi connectivity index (χ4v) is 2.01. The lowest BCUT2D eigenvalue weighted by Crippen LogP contribution is -2.31. The van der Waals surface area contributed by atoms with Gasteiger partial charge in [-0.2, -0.15) is 0 Å². The van der Waals surface area contributed by atoms with Gasteiger partial charge in [0, 0.05) is 29.9 Å². The lowest BCUT2D eigenvalue weighted by molar-refractivity contribution is 0.284. The second kappa shape index (κ2) is 6.17. The average Bonchev–Trinajstić information content (AvgIpc) is 2.41. The minimum atomic E-state index is 0.445. The number of rotatable bonds is 5. The van der Waals surface area contributed by atoms with E-state index < -0.39 is 0 Å². The lowest BCUT2D eigenvalue weighted by Gasteiger charge is -2.21. The predicted octanol–water partition coefficient (Wildman–Crippen LogP) is 3.04. The molecule has 0 bridgehead atoms. The molecule has 0 unspecified atom stereocenters. The van der Waals surface area contributed by atoms with Crippen molar-refractivity contribution in [3.8, 4) is 0 Å². The van der Waals surface area contributed by atoms with Gasteiger partial charge < -0.3 is 10.2 Å².